The molecule has 0 bridgehead atoms. The van der Waals surface area contributed by atoms with Crippen molar-refractivity contribution in [2.24, 2.45) is 0 Å². The summed E-state index contributed by atoms with van der Waals surface area (Å²) in [6, 6.07) is 6.62. The van der Waals surface area contributed by atoms with E-state index >= 15 is 0 Å². The first-order chi connectivity index (χ1) is 18.9. The van der Waals surface area contributed by atoms with Gasteiger partial charge in [-0.25, -0.2) is 4.39 Å². The number of nitrogens with two attached hydrogens (primary N) is 1. The summed E-state index contributed by atoms with van der Waals surface area (Å²) in [5.41, 5.74) is 10.9. The monoisotopic (exact) mass is 537 g/mol. The van der Waals surface area contributed by atoms with E-state index in [0.717, 1.165) is 87.5 Å². The van der Waals surface area contributed by atoms with E-state index < -0.39 is 11.8 Å². The number of anilines is 2. The molecular formula is C30H40FN5O3. The van der Waals surface area contributed by atoms with Crippen molar-refractivity contribution >= 4 is 11.5 Å². The van der Waals surface area contributed by atoms with Crippen LogP contribution in [0.4, 0.5) is 15.9 Å². The molecule has 4 aliphatic heterocycles. The van der Waals surface area contributed by atoms with Gasteiger partial charge in [-0.15, -0.1) is 0 Å². The first kappa shape index (κ1) is 25.5. The molecule has 0 amide bonds. The van der Waals surface area contributed by atoms with E-state index in [4.69, 9.17) is 29.9 Å². The summed E-state index contributed by atoms with van der Waals surface area (Å²) in [7, 11) is 0. The van der Waals surface area contributed by atoms with Gasteiger partial charge in [0.05, 0.1) is 29.5 Å². The Balaban J connectivity index is 1.25. The zero-order valence-corrected chi connectivity index (χ0v) is 23.0. The largest absolute Gasteiger partial charge is 0.461 e. The predicted octanol–water partition coefficient (Wildman–Crippen LogP) is 3.93. The van der Waals surface area contributed by atoms with E-state index in [9.17, 15) is 4.39 Å². The number of ether oxygens (including phenoxy) is 3. The molecule has 7 rings (SSSR count). The molecule has 4 atom stereocenters. The van der Waals surface area contributed by atoms with Crippen molar-refractivity contribution in [3.63, 3.8) is 0 Å². The van der Waals surface area contributed by atoms with Gasteiger partial charge >= 0.3 is 6.01 Å². The van der Waals surface area contributed by atoms with Gasteiger partial charge in [0.15, 0.2) is 0 Å². The van der Waals surface area contributed by atoms with Gasteiger partial charge in [-0.3, -0.25) is 4.90 Å². The number of benzene rings is 1. The molecular weight excluding hydrogens is 497 g/mol. The molecule has 39 heavy (non-hydrogen) atoms. The second-order valence-corrected chi connectivity index (χ2v) is 12.3. The lowest BCUT2D eigenvalue weighted by Crippen LogP contribution is -2.44. The van der Waals surface area contributed by atoms with E-state index in [1.165, 1.54) is 11.1 Å². The molecule has 0 saturated carbocycles. The summed E-state index contributed by atoms with van der Waals surface area (Å²) >= 11 is 0. The third-order valence-electron chi connectivity index (χ3n) is 9.63. The Labute approximate surface area is 230 Å². The minimum absolute atomic E-state index is 0.109. The molecule has 1 spiro atoms. The molecule has 5 heterocycles. The van der Waals surface area contributed by atoms with Gasteiger partial charge < -0.3 is 24.8 Å². The number of aryl methyl sites for hydroxylation is 1. The molecule has 2 aromatic rings. The fourth-order valence-corrected chi connectivity index (χ4v) is 7.75. The molecule has 1 aliphatic carbocycles. The van der Waals surface area contributed by atoms with E-state index in [0.29, 0.717) is 38.6 Å². The summed E-state index contributed by atoms with van der Waals surface area (Å²) in [6.07, 6.45) is 6.53. The predicted molar refractivity (Wildman–Crippen MR) is 147 cm³/mol. The Hall–Kier alpha value is -2.49. The maximum absolute atomic E-state index is 14.4. The minimum atomic E-state index is -0.789. The smallest absolute Gasteiger partial charge is 0.318 e. The molecule has 210 valence electrons. The second kappa shape index (κ2) is 9.85. The van der Waals surface area contributed by atoms with Gasteiger partial charge in [0, 0.05) is 50.3 Å². The highest BCUT2D eigenvalue weighted by atomic mass is 19.1. The summed E-state index contributed by atoms with van der Waals surface area (Å²) in [6.45, 7) is 6.79. The van der Waals surface area contributed by atoms with Crippen molar-refractivity contribution in [3.8, 4) is 6.01 Å². The number of nitrogen functional groups attached to an aromatic ring is 1. The maximum Gasteiger partial charge on any atom is 0.318 e. The Morgan fingerprint density at radius 2 is 2.08 bits per heavy atom. The molecule has 3 fully saturated rings. The SMILES string of the molecule is CC1CN(c2nc(OCC34CCCN3CC(F)C4)nc3c2COC2(CCCc4ccc(N)cc42)C3)CCCO1. The molecule has 8 nitrogen and oxygen atoms in total. The summed E-state index contributed by atoms with van der Waals surface area (Å²) in [5, 5.41) is 0. The van der Waals surface area contributed by atoms with Gasteiger partial charge in [0.2, 0.25) is 0 Å². The van der Waals surface area contributed by atoms with Crippen LogP contribution in [0.25, 0.3) is 0 Å². The fourth-order valence-electron chi connectivity index (χ4n) is 7.75. The Bertz CT molecular complexity index is 1250. The van der Waals surface area contributed by atoms with Crippen LogP contribution in [0.3, 0.4) is 0 Å². The van der Waals surface area contributed by atoms with Crippen LogP contribution in [-0.4, -0.2) is 72.1 Å². The maximum atomic E-state index is 14.4. The first-order valence-electron chi connectivity index (χ1n) is 14.7. The van der Waals surface area contributed by atoms with Crippen LogP contribution in [0, 0.1) is 0 Å². The van der Waals surface area contributed by atoms with Crippen molar-refractivity contribution in [2.75, 3.05) is 50.0 Å². The van der Waals surface area contributed by atoms with Crippen LogP contribution in [0.15, 0.2) is 18.2 Å². The molecule has 9 heteroatoms. The summed E-state index contributed by atoms with van der Waals surface area (Å²) in [5.74, 6) is 0.890. The second-order valence-electron chi connectivity index (χ2n) is 12.3. The number of hydrogen-bond donors (Lipinski definition) is 1. The van der Waals surface area contributed by atoms with E-state index in [-0.39, 0.29) is 11.6 Å². The Kier molecular flexibility index (Phi) is 6.44. The molecule has 3 saturated heterocycles. The van der Waals surface area contributed by atoms with Crippen molar-refractivity contribution in [3.05, 3.63) is 40.6 Å². The summed E-state index contributed by atoms with van der Waals surface area (Å²) < 4.78 is 33.5. The van der Waals surface area contributed by atoms with Crippen molar-refractivity contribution in [1.29, 1.82) is 0 Å². The van der Waals surface area contributed by atoms with Gasteiger partial charge in [0.1, 0.15) is 18.6 Å². The Morgan fingerprint density at radius 3 is 3.00 bits per heavy atom. The van der Waals surface area contributed by atoms with Crippen LogP contribution >= 0.6 is 0 Å². The van der Waals surface area contributed by atoms with Gasteiger partial charge in [-0.05, 0) is 75.3 Å². The highest BCUT2D eigenvalue weighted by Crippen LogP contribution is 2.47. The number of alkyl halides is 1. The molecule has 1 aromatic carbocycles. The van der Waals surface area contributed by atoms with Crippen LogP contribution < -0.4 is 15.4 Å². The van der Waals surface area contributed by atoms with Gasteiger partial charge in [-0.1, -0.05) is 6.07 Å². The molecule has 5 aliphatic rings. The van der Waals surface area contributed by atoms with Gasteiger partial charge in [-0.2, -0.15) is 9.97 Å². The standard InChI is InChI=1S/C30H40FN5O3/c1-20-16-35(10-4-12-37-20)27-24-18-39-30(9-2-5-21-6-7-23(32)13-25(21)30)15-26(24)33-28(34-27)38-19-29-8-3-11-36(29)17-22(31)14-29/h6-7,13,20,22H,2-5,8-12,14-19,32H2,1H3. The quantitative estimate of drug-likeness (QED) is 0.588. The topological polar surface area (TPSA) is 86.0 Å². The zero-order chi connectivity index (χ0) is 26.6. The number of nitrogens with zero attached hydrogens (tertiary/aromatic N) is 4. The Morgan fingerprint density at radius 1 is 1.15 bits per heavy atom. The number of fused-ring (bicyclic) bond motifs is 4. The number of hydrogen-bond acceptors (Lipinski definition) is 8. The molecule has 4 unspecified atom stereocenters. The number of halogens is 1. The highest BCUT2D eigenvalue weighted by Gasteiger charge is 2.49. The highest BCUT2D eigenvalue weighted by molar-refractivity contribution is 5.54. The van der Waals surface area contributed by atoms with E-state index in [2.05, 4.69) is 28.9 Å². The molecule has 1 aromatic heterocycles. The third kappa shape index (κ3) is 4.56. The van der Waals surface area contributed by atoms with Crippen LogP contribution in [0.2, 0.25) is 0 Å². The average Bonchev–Trinajstić information content (AvgIpc) is 3.35. The first-order valence-corrected chi connectivity index (χ1v) is 14.7. The fraction of sp³-hybridized carbons (Fsp3) is 0.667. The van der Waals surface area contributed by atoms with Crippen LogP contribution in [0.1, 0.15) is 67.8 Å². The van der Waals surface area contributed by atoms with Crippen molar-refractivity contribution < 1.29 is 18.6 Å². The molecule has 2 N–H and O–H groups in total. The van der Waals surface area contributed by atoms with Crippen molar-refractivity contribution in [2.45, 2.75) is 88.3 Å². The lowest BCUT2D eigenvalue weighted by Gasteiger charge is -2.43. The lowest BCUT2D eigenvalue weighted by atomic mass is 9.74. The molecule has 0 radical (unpaired) electrons. The van der Waals surface area contributed by atoms with Gasteiger partial charge in [0.25, 0.3) is 0 Å². The van der Waals surface area contributed by atoms with Crippen LogP contribution in [0.5, 0.6) is 6.01 Å². The van der Waals surface area contributed by atoms with E-state index in [1.54, 1.807) is 0 Å². The average molecular weight is 538 g/mol. The normalized spacial score (nSPS) is 32.5. The minimum Gasteiger partial charge on any atom is -0.461 e. The van der Waals surface area contributed by atoms with Crippen LogP contribution in [-0.2, 0) is 34.5 Å². The van der Waals surface area contributed by atoms with Crippen molar-refractivity contribution in [1.82, 2.24) is 14.9 Å². The zero-order valence-electron chi connectivity index (χ0n) is 23.0. The van der Waals surface area contributed by atoms with E-state index in [1.807, 2.05) is 6.07 Å². The lowest BCUT2D eigenvalue weighted by molar-refractivity contribution is -0.0855. The third-order valence-corrected chi connectivity index (χ3v) is 9.63. The number of aromatic nitrogens is 2. The number of rotatable bonds is 4. The summed E-state index contributed by atoms with van der Waals surface area (Å²) in [4.78, 5) is 14.6.